The van der Waals surface area contributed by atoms with Crippen LogP contribution in [0.15, 0.2) is 24.5 Å². The number of ether oxygens (including phenoxy) is 1. The van der Waals surface area contributed by atoms with Crippen molar-refractivity contribution in [3.63, 3.8) is 0 Å². The highest BCUT2D eigenvalue weighted by atomic mass is 32.1. The lowest BCUT2D eigenvalue weighted by Crippen LogP contribution is -2.35. The summed E-state index contributed by atoms with van der Waals surface area (Å²) in [6, 6.07) is 6.72. The van der Waals surface area contributed by atoms with Gasteiger partial charge in [0.25, 0.3) is 0 Å². The highest BCUT2D eigenvalue weighted by Crippen LogP contribution is 2.36. The number of benzene rings is 1. The molecule has 0 spiro atoms. The molecule has 1 aromatic carbocycles. The summed E-state index contributed by atoms with van der Waals surface area (Å²) in [6.07, 6.45) is 2.81. The molecule has 1 aliphatic heterocycles. The molecule has 0 atom stereocenters. The van der Waals surface area contributed by atoms with E-state index in [0.717, 1.165) is 46.9 Å². The van der Waals surface area contributed by atoms with Crippen LogP contribution in [-0.4, -0.2) is 37.1 Å². The third-order valence-electron chi connectivity index (χ3n) is 5.74. The van der Waals surface area contributed by atoms with Crippen molar-refractivity contribution >= 4 is 27.2 Å². The summed E-state index contributed by atoms with van der Waals surface area (Å²) >= 11 is 1.79. The summed E-state index contributed by atoms with van der Waals surface area (Å²) in [5.74, 6) is 1.60. The van der Waals surface area contributed by atoms with Crippen molar-refractivity contribution in [2.75, 3.05) is 6.54 Å². The van der Waals surface area contributed by atoms with Gasteiger partial charge in [0.05, 0.1) is 5.39 Å². The van der Waals surface area contributed by atoms with Crippen LogP contribution >= 0.6 is 11.3 Å². The van der Waals surface area contributed by atoms with Gasteiger partial charge in [-0.05, 0) is 50.8 Å². The molecule has 3 aromatic heterocycles. The first-order valence-corrected chi connectivity index (χ1v) is 10.9. The fraction of sp³-hybridized carbons (Fsp3) is 0.409. The van der Waals surface area contributed by atoms with Gasteiger partial charge in [-0.1, -0.05) is 18.2 Å². The summed E-state index contributed by atoms with van der Waals surface area (Å²) in [7, 11) is 0. The number of nitrogens with zero attached hydrogens (tertiary/aromatic N) is 5. The molecule has 0 radical (unpaired) electrons. The molecule has 6 nitrogen and oxygen atoms in total. The van der Waals surface area contributed by atoms with Crippen LogP contribution in [0.25, 0.3) is 15.9 Å². The monoisotopic (exact) mass is 407 g/mol. The second kappa shape index (κ2) is 7.07. The lowest BCUT2D eigenvalue weighted by molar-refractivity contribution is 0.206. The largest absolute Gasteiger partial charge is 0.485 e. The second-order valence-corrected chi connectivity index (χ2v) is 9.13. The fourth-order valence-corrected chi connectivity index (χ4v) is 5.33. The van der Waals surface area contributed by atoms with E-state index in [1.54, 1.807) is 22.2 Å². The summed E-state index contributed by atoms with van der Waals surface area (Å²) < 4.78 is 7.87. The molecule has 7 heteroatoms. The van der Waals surface area contributed by atoms with Crippen molar-refractivity contribution in [1.82, 2.24) is 24.5 Å². The Morgan fingerprint density at radius 2 is 2.00 bits per heavy atom. The van der Waals surface area contributed by atoms with Gasteiger partial charge in [0.15, 0.2) is 11.5 Å². The Hall–Kier alpha value is -2.51. The molecule has 0 amide bonds. The lowest BCUT2D eigenvalue weighted by Gasteiger charge is -2.30. The Bertz CT molecular complexity index is 1190. The number of rotatable bonds is 4. The molecule has 150 valence electrons. The predicted octanol–water partition coefficient (Wildman–Crippen LogP) is 4.30. The minimum absolute atomic E-state index is 0.350. The Balaban J connectivity index is 1.50. The molecule has 4 aromatic rings. The maximum atomic E-state index is 6.07. The topological polar surface area (TPSA) is 55.6 Å². The SMILES string of the molecule is Cc1cccc(C)c1OCc1nc2c3c4c(sc3ncn2n1)CN(C(C)C)CC4. The highest BCUT2D eigenvalue weighted by Gasteiger charge is 2.25. The minimum Gasteiger partial charge on any atom is -0.485 e. The minimum atomic E-state index is 0.350. The zero-order chi connectivity index (χ0) is 20.1. The lowest BCUT2D eigenvalue weighted by atomic mass is 10.0. The first-order valence-electron chi connectivity index (χ1n) is 10.1. The maximum absolute atomic E-state index is 6.07. The van der Waals surface area contributed by atoms with Crippen molar-refractivity contribution in [3.05, 3.63) is 51.9 Å². The quantitative estimate of drug-likeness (QED) is 0.505. The van der Waals surface area contributed by atoms with Gasteiger partial charge in [0, 0.05) is 24.0 Å². The van der Waals surface area contributed by atoms with Gasteiger partial charge in [0.2, 0.25) is 0 Å². The van der Waals surface area contributed by atoms with E-state index in [1.807, 2.05) is 6.07 Å². The molecule has 0 aliphatic carbocycles. The van der Waals surface area contributed by atoms with Gasteiger partial charge < -0.3 is 4.74 Å². The molecule has 4 heterocycles. The average molecular weight is 408 g/mol. The summed E-state index contributed by atoms with van der Waals surface area (Å²) in [6.45, 7) is 11.1. The van der Waals surface area contributed by atoms with Crippen LogP contribution in [0, 0.1) is 13.8 Å². The molecule has 0 saturated carbocycles. The molecular formula is C22H25N5OS. The average Bonchev–Trinajstić information content (AvgIpc) is 3.27. The standard InChI is InChI=1S/C22H25N5OS/c1-13(2)26-9-8-16-17(10-26)29-22-19(16)21-24-18(25-27(21)12-23-22)11-28-20-14(3)6-5-7-15(20)4/h5-7,12-13H,8-11H2,1-4H3. The second-order valence-electron chi connectivity index (χ2n) is 8.05. The third kappa shape index (κ3) is 3.18. The summed E-state index contributed by atoms with van der Waals surface area (Å²) in [4.78, 5) is 14.5. The maximum Gasteiger partial charge on any atom is 0.189 e. The van der Waals surface area contributed by atoms with Gasteiger partial charge in [-0.3, -0.25) is 4.90 Å². The van der Waals surface area contributed by atoms with Crippen LogP contribution in [0.5, 0.6) is 5.75 Å². The first-order chi connectivity index (χ1) is 14.0. The molecule has 0 bridgehead atoms. The number of aromatic nitrogens is 4. The van der Waals surface area contributed by atoms with E-state index in [-0.39, 0.29) is 0 Å². The Morgan fingerprint density at radius 3 is 2.76 bits per heavy atom. The number of fused-ring (bicyclic) bond motifs is 5. The van der Waals surface area contributed by atoms with E-state index in [4.69, 9.17) is 9.72 Å². The van der Waals surface area contributed by atoms with E-state index in [1.165, 1.54) is 15.8 Å². The van der Waals surface area contributed by atoms with Gasteiger partial charge in [-0.25, -0.2) is 14.5 Å². The van der Waals surface area contributed by atoms with Crippen LogP contribution in [0.2, 0.25) is 0 Å². The smallest absolute Gasteiger partial charge is 0.189 e. The zero-order valence-electron chi connectivity index (χ0n) is 17.3. The summed E-state index contributed by atoms with van der Waals surface area (Å²) in [5.41, 5.74) is 4.54. The number of hydrogen-bond donors (Lipinski definition) is 0. The van der Waals surface area contributed by atoms with Crippen molar-refractivity contribution in [2.24, 2.45) is 0 Å². The Morgan fingerprint density at radius 1 is 1.21 bits per heavy atom. The van der Waals surface area contributed by atoms with Crippen LogP contribution in [0.3, 0.4) is 0 Å². The predicted molar refractivity (Wildman–Crippen MR) is 116 cm³/mol. The summed E-state index contributed by atoms with van der Waals surface area (Å²) in [5, 5.41) is 5.79. The van der Waals surface area contributed by atoms with Crippen LogP contribution < -0.4 is 4.74 Å². The molecular weight excluding hydrogens is 382 g/mol. The van der Waals surface area contributed by atoms with Crippen LogP contribution in [-0.2, 0) is 19.6 Å². The molecule has 1 aliphatic rings. The molecule has 5 rings (SSSR count). The number of para-hydroxylation sites is 1. The third-order valence-corrected chi connectivity index (χ3v) is 6.86. The van der Waals surface area contributed by atoms with Gasteiger partial charge in [-0.2, -0.15) is 0 Å². The normalized spacial score (nSPS) is 14.8. The van der Waals surface area contributed by atoms with E-state index >= 15 is 0 Å². The fourth-order valence-electron chi connectivity index (χ4n) is 4.12. The van der Waals surface area contributed by atoms with Gasteiger partial charge in [-0.15, -0.1) is 16.4 Å². The molecule has 0 saturated heterocycles. The Kier molecular flexibility index (Phi) is 4.52. The molecule has 0 N–H and O–H groups in total. The van der Waals surface area contributed by atoms with Crippen molar-refractivity contribution in [2.45, 2.75) is 53.3 Å². The Labute approximate surface area is 174 Å². The van der Waals surface area contributed by atoms with E-state index in [9.17, 15) is 0 Å². The van der Waals surface area contributed by atoms with E-state index in [2.05, 4.69) is 54.8 Å². The zero-order valence-corrected chi connectivity index (χ0v) is 18.1. The van der Waals surface area contributed by atoms with Gasteiger partial charge in [0.1, 0.15) is 23.5 Å². The first kappa shape index (κ1) is 18.5. The van der Waals surface area contributed by atoms with E-state index < -0.39 is 0 Å². The van der Waals surface area contributed by atoms with Crippen molar-refractivity contribution in [3.8, 4) is 5.75 Å². The molecule has 29 heavy (non-hydrogen) atoms. The van der Waals surface area contributed by atoms with Crippen LogP contribution in [0.1, 0.15) is 41.2 Å². The highest BCUT2D eigenvalue weighted by molar-refractivity contribution is 7.19. The van der Waals surface area contributed by atoms with E-state index in [0.29, 0.717) is 18.5 Å². The van der Waals surface area contributed by atoms with Crippen molar-refractivity contribution in [1.29, 1.82) is 0 Å². The van der Waals surface area contributed by atoms with Gasteiger partial charge >= 0.3 is 0 Å². The number of hydrogen-bond acceptors (Lipinski definition) is 6. The molecule has 0 unspecified atom stereocenters. The van der Waals surface area contributed by atoms with Crippen LogP contribution in [0.4, 0.5) is 0 Å². The number of thiophene rings is 1. The van der Waals surface area contributed by atoms with Crippen molar-refractivity contribution < 1.29 is 4.74 Å². The molecule has 0 fully saturated rings. The number of aryl methyl sites for hydroxylation is 2.